The van der Waals surface area contributed by atoms with Crippen LogP contribution in [0.25, 0.3) is 22.2 Å². The van der Waals surface area contributed by atoms with Gasteiger partial charge in [0.1, 0.15) is 11.4 Å². The van der Waals surface area contributed by atoms with E-state index in [-0.39, 0.29) is 17.2 Å². The van der Waals surface area contributed by atoms with Crippen LogP contribution >= 0.6 is 8.03 Å². The number of aliphatic hydroxyl groups is 1. The van der Waals surface area contributed by atoms with Gasteiger partial charge in [0.25, 0.3) is 0 Å². The number of terminal acetylenes is 1. The zero-order valence-corrected chi connectivity index (χ0v) is 19.7. The number of carboxylic acid groups (broad SMARTS) is 1. The first-order chi connectivity index (χ1) is 15.5. The predicted molar refractivity (Wildman–Crippen MR) is 126 cm³/mol. The molecular formula is C25H25FNO5P. The lowest BCUT2D eigenvalue weighted by Crippen LogP contribution is -2.53. The lowest BCUT2D eigenvalue weighted by molar-refractivity contribution is -0.145. The van der Waals surface area contributed by atoms with Crippen LogP contribution in [0.2, 0.25) is 0 Å². The average Bonchev–Trinajstić information content (AvgIpc) is 2.78. The van der Waals surface area contributed by atoms with Gasteiger partial charge in [-0.05, 0) is 48.7 Å². The van der Waals surface area contributed by atoms with Gasteiger partial charge in [0.2, 0.25) is 13.2 Å². The number of para-hydroxylation sites is 1. The van der Waals surface area contributed by atoms with E-state index in [0.717, 1.165) is 7.11 Å². The van der Waals surface area contributed by atoms with E-state index in [9.17, 15) is 24.0 Å². The molecule has 2 aromatic carbocycles. The third-order valence-electron chi connectivity index (χ3n) is 5.87. The standard InChI is InChI=1S/C25H25FNO5P/c1-6-25(23(28)29,33(31)32-5)24(4,30)21-20(15(2)3)18-9-7-8-10-19(18)27-22(21)16-11-13-17(26)14-12-16/h1,7-15,30,33H,2-5H3,(H,28,29). The Bertz CT molecular complexity index is 1280. The molecule has 0 saturated heterocycles. The van der Waals surface area contributed by atoms with Crippen LogP contribution in [0.5, 0.6) is 0 Å². The number of pyridine rings is 1. The molecule has 1 aromatic heterocycles. The summed E-state index contributed by atoms with van der Waals surface area (Å²) in [6.07, 6.45) is 5.64. The number of aromatic nitrogens is 1. The molecule has 3 atom stereocenters. The zero-order valence-electron chi connectivity index (χ0n) is 18.7. The largest absolute Gasteiger partial charge is 0.480 e. The lowest BCUT2D eigenvalue weighted by atomic mass is 9.75. The molecule has 0 aliphatic heterocycles. The molecule has 6 nitrogen and oxygen atoms in total. The van der Waals surface area contributed by atoms with Gasteiger partial charge in [-0.3, -0.25) is 4.57 Å². The van der Waals surface area contributed by atoms with Gasteiger partial charge in [0, 0.05) is 23.6 Å². The van der Waals surface area contributed by atoms with E-state index in [4.69, 9.17) is 15.9 Å². The fraction of sp³-hybridized carbons (Fsp3) is 0.280. The van der Waals surface area contributed by atoms with Crippen LogP contribution in [-0.4, -0.2) is 33.4 Å². The highest BCUT2D eigenvalue weighted by Crippen LogP contribution is 2.54. The van der Waals surface area contributed by atoms with Crippen LogP contribution in [0.3, 0.4) is 0 Å². The highest BCUT2D eigenvalue weighted by atomic mass is 31.1. The third kappa shape index (κ3) is 3.85. The van der Waals surface area contributed by atoms with Gasteiger partial charge in [0.15, 0.2) is 0 Å². The van der Waals surface area contributed by atoms with Gasteiger partial charge in [-0.1, -0.05) is 38.0 Å². The smallest absolute Gasteiger partial charge is 0.335 e. The molecule has 0 aliphatic carbocycles. The number of benzene rings is 2. The number of rotatable bonds is 7. The van der Waals surface area contributed by atoms with Gasteiger partial charge >= 0.3 is 5.97 Å². The van der Waals surface area contributed by atoms with Crippen molar-refractivity contribution in [2.45, 2.75) is 37.4 Å². The molecule has 3 unspecified atom stereocenters. The maximum Gasteiger partial charge on any atom is 0.335 e. The van der Waals surface area contributed by atoms with Gasteiger partial charge in [-0.15, -0.1) is 6.42 Å². The number of halogens is 1. The molecule has 0 bridgehead atoms. The van der Waals surface area contributed by atoms with Crippen molar-refractivity contribution in [3.8, 4) is 23.6 Å². The summed E-state index contributed by atoms with van der Waals surface area (Å²) in [6, 6.07) is 12.6. The van der Waals surface area contributed by atoms with Crippen LogP contribution < -0.4 is 0 Å². The molecule has 33 heavy (non-hydrogen) atoms. The zero-order chi connectivity index (χ0) is 24.6. The minimum atomic E-state index is -3.50. The Hall–Kier alpha value is -3.04. The molecule has 1 heterocycles. The van der Waals surface area contributed by atoms with E-state index in [1.807, 2.05) is 19.9 Å². The van der Waals surface area contributed by atoms with Crippen LogP contribution in [0.1, 0.15) is 37.8 Å². The number of fused-ring (bicyclic) bond motifs is 1. The summed E-state index contributed by atoms with van der Waals surface area (Å²) in [5.41, 5.74) is -0.418. The molecular weight excluding hydrogens is 444 g/mol. The number of nitrogens with zero attached hydrogens (tertiary/aromatic N) is 1. The number of hydrogen-bond donors (Lipinski definition) is 2. The summed E-state index contributed by atoms with van der Waals surface area (Å²) in [7, 11) is -2.42. The second-order valence-corrected chi connectivity index (χ2v) is 9.92. The topological polar surface area (TPSA) is 96.7 Å². The van der Waals surface area contributed by atoms with E-state index >= 15 is 0 Å². The molecule has 0 amide bonds. The van der Waals surface area contributed by atoms with E-state index in [2.05, 4.69) is 5.92 Å². The lowest BCUT2D eigenvalue weighted by Gasteiger charge is -2.40. The monoisotopic (exact) mass is 469 g/mol. The summed E-state index contributed by atoms with van der Waals surface area (Å²) in [5, 5.41) is 20.2. The molecule has 0 saturated carbocycles. The fourth-order valence-corrected chi connectivity index (χ4v) is 5.36. The quantitative estimate of drug-likeness (QED) is 0.376. The third-order valence-corrected chi connectivity index (χ3v) is 7.70. The second kappa shape index (κ2) is 9.07. The number of aliphatic carboxylic acids is 1. The minimum Gasteiger partial charge on any atom is -0.480 e. The van der Waals surface area contributed by atoms with Crippen LogP contribution in [0.4, 0.5) is 4.39 Å². The summed E-state index contributed by atoms with van der Waals surface area (Å²) in [5.74, 6) is -0.265. The molecule has 172 valence electrons. The Kier molecular flexibility index (Phi) is 6.76. The van der Waals surface area contributed by atoms with Crippen LogP contribution in [0, 0.1) is 18.2 Å². The molecule has 3 rings (SSSR count). The van der Waals surface area contributed by atoms with Crippen molar-refractivity contribution in [2.24, 2.45) is 0 Å². The molecule has 0 spiro atoms. The van der Waals surface area contributed by atoms with E-state index in [1.54, 1.807) is 18.2 Å². The highest BCUT2D eigenvalue weighted by Gasteiger charge is 2.60. The summed E-state index contributed by atoms with van der Waals surface area (Å²) < 4.78 is 31.6. The van der Waals surface area contributed by atoms with Gasteiger partial charge in [-0.2, -0.15) is 0 Å². The molecule has 8 heteroatoms. The Morgan fingerprint density at radius 3 is 2.33 bits per heavy atom. The van der Waals surface area contributed by atoms with Crippen molar-refractivity contribution in [1.82, 2.24) is 4.98 Å². The van der Waals surface area contributed by atoms with Gasteiger partial charge < -0.3 is 14.7 Å². The second-order valence-electron chi connectivity index (χ2n) is 8.19. The van der Waals surface area contributed by atoms with Gasteiger partial charge in [0.05, 0.1) is 11.2 Å². The summed E-state index contributed by atoms with van der Waals surface area (Å²) in [4.78, 5) is 17.2. The number of carbonyl (C=O) groups is 1. The first-order valence-corrected chi connectivity index (χ1v) is 11.6. The maximum absolute atomic E-state index is 13.7. The molecule has 0 fully saturated rings. The van der Waals surface area contributed by atoms with Crippen LogP contribution in [0.15, 0.2) is 48.5 Å². The molecule has 0 aliphatic rings. The minimum absolute atomic E-state index is 0.110. The highest BCUT2D eigenvalue weighted by molar-refractivity contribution is 7.43. The molecule has 3 aromatic rings. The van der Waals surface area contributed by atoms with Crippen molar-refractivity contribution >= 4 is 24.9 Å². The SMILES string of the molecule is C#CC(C(=O)O)([PH](=O)OC)C(C)(O)c1c(-c2ccc(F)cc2)nc2ccccc2c1C(C)C. The molecule has 0 radical (unpaired) electrons. The summed E-state index contributed by atoms with van der Waals surface area (Å²) in [6.45, 7) is 4.98. The first kappa shape index (κ1) is 24.6. The van der Waals surface area contributed by atoms with Crippen molar-refractivity contribution in [1.29, 1.82) is 0 Å². The van der Waals surface area contributed by atoms with Crippen molar-refractivity contribution < 1.29 is 28.5 Å². The van der Waals surface area contributed by atoms with Gasteiger partial charge in [-0.25, -0.2) is 14.2 Å². The van der Waals surface area contributed by atoms with Crippen LogP contribution in [-0.2, 0) is 19.5 Å². The van der Waals surface area contributed by atoms with E-state index < -0.39 is 30.6 Å². The van der Waals surface area contributed by atoms with E-state index in [0.29, 0.717) is 22.0 Å². The van der Waals surface area contributed by atoms with E-state index in [1.165, 1.54) is 31.2 Å². The van der Waals surface area contributed by atoms with Crippen molar-refractivity contribution in [2.75, 3.05) is 7.11 Å². The maximum atomic E-state index is 13.7. The first-order valence-electron chi connectivity index (χ1n) is 10.2. The number of hydrogen-bond acceptors (Lipinski definition) is 5. The van der Waals surface area contributed by atoms with Crippen molar-refractivity contribution in [3.05, 3.63) is 65.5 Å². The average molecular weight is 469 g/mol. The Morgan fingerprint density at radius 1 is 1.21 bits per heavy atom. The molecule has 2 N–H and O–H groups in total. The normalized spacial score (nSPS) is 16.1. The number of carboxylic acids is 1. The Morgan fingerprint density at radius 2 is 1.82 bits per heavy atom. The fourth-order valence-electron chi connectivity index (χ4n) is 4.24. The Labute approximate surface area is 192 Å². The Balaban J connectivity index is 2.58. The van der Waals surface area contributed by atoms with Crippen molar-refractivity contribution in [3.63, 3.8) is 0 Å². The summed E-state index contributed by atoms with van der Waals surface area (Å²) >= 11 is 0. The predicted octanol–water partition coefficient (Wildman–Crippen LogP) is 4.95.